The summed E-state index contributed by atoms with van der Waals surface area (Å²) in [6.07, 6.45) is 5.98. The molecule has 128 valence electrons. The number of rotatable bonds is 4. The van der Waals surface area contributed by atoms with Crippen molar-refractivity contribution in [2.45, 2.75) is 31.2 Å². The van der Waals surface area contributed by atoms with Gasteiger partial charge in [-0.05, 0) is 50.1 Å². The molecular formula is C18H24N4OS. The maximum absolute atomic E-state index is 12.8. The second kappa shape index (κ2) is 5.23. The van der Waals surface area contributed by atoms with E-state index in [2.05, 4.69) is 39.3 Å². The number of hydrogen-bond donors (Lipinski definition) is 2. The van der Waals surface area contributed by atoms with E-state index in [1.807, 2.05) is 32.3 Å². The lowest BCUT2D eigenvalue weighted by Crippen LogP contribution is -2.44. The van der Waals surface area contributed by atoms with Crippen molar-refractivity contribution in [2.75, 3.05) is 19.3 Å². The number of carbonyl (C=O) groups excluding carboxylic acids is 1. The molecule has 2 aliphatic rings. The third-order valence-corrected chi connectivity index (χ3v) is 6.54. The van der Waals surface area contributed by atoms with Crippen LogP contribution in [0.2, 0.25) is 0 Å². The zero-order chi connectivity index (χ0) is 17.1. The number of nitrogens with zero attached hydrogens (tertiary/aromatic N) is 2. The lowest BCUT2D eigenvalue weighted by atomic mass is 10.0. The fourth-order valence-corrected chi connectivity index (χ4v) is 4.88. The van der Waals surface area contributed by atoms with Gasteiger partial charge in [-0.2, -0.15) is 0 Å². The molecule has 1 amide bonds. The van der Waals surface area contributed by atoms with E-state index in [0.29, 0.717) is 5.92 Å². The van der Waals surface area contributed by atoms with Crippen molar-refractivity contribution in [2.24, 2.45) is 17.3 Å². The van der Waals surface area contributed by atoms with Crippen molar-refractivity contribution in [3.63, 3.8) is 0 Å². The molecule has 2 aromatic rings. The summed E-state index contributed by atoms with van der Waals surface area (Å²) < 4.78 is 2.09. The van der Waals surface area contributed by atoms with Crippen LogP contribution in [0.3, 0.4) is 0 Å². The van der Waals surface area contributed by atoms with Gasteiger partial charge in [0, 0.05) is 23.6 Å². The fraction of sp³-hybridized carbons (Fsp3) is 0.556. The van der Waals surface area contributed by atoms with E-state index in [0.717, 1.165) is 24.4 Å². The van der Waals surface area contributed by atoms with Gasteiger partial charge in [0.25, 0.3) is 0 Å². The first-order chi connectivity index (χ1) is 11.4. The molecule has 3 atom stereocenters. The monoisotopic (exact) mass is 344 g/mol. The fourth-order valence-electron chi connectivity index (χ4n) is 4.30. The summed E-state index contributed by atoms with van der Waals surface area (Å²) in [4.78, 5) is 18.6. The van der Waals surface area contributed by atoms with Gasteiger partial charge in [0.2, 0.25) is 5.91 Å². The van der Waals surface area contributed by atoms with Crippen LogP contribution in [0.1, 0.15) is 26.6 Å². The van der Waals surface area contributed by atoms with Crippen LogP contribution in [0.15, 0.2) is 29.4 Å². The summed E-state index contributed by atoms with van der Waals surface area (Å²) in [7, 11) is 0. The first-order valence-electron chi connectivity index (χ1n) is 8.42. The molecule has 1 saturated heterocycles. The average molecular weight is 344 g/mol. The Hall–Kier alpha value is -1.53. The van der Waals surface area contributed by atoms with E-state index in [-0.39, 0.29) is 17.2 Å². The van der Waals surface area contributed by atoms with E-state index in [1.54, 1.807) is 11.8 Å². The Morgan fingerprint density at radius 1 is 1.54 bits per heavy atom. The molecule has 0 radical (unpaired) electrons. The molecule has 0 unspecified atom stereocenters. The molecule has 2 N–H and O–H groups in total. The van der Waals surface area contributed by atoms with Gasteiger partial charge in [-0.15, -0.1) is 11.8 Å². The molecule has 1 aliphatic heterocycles. The van der Waals surface area contributed by atoms with Crippen molar-refractivity contribution in [1.29, 1.82) is 0 Å². The highest BCUT2D eigenvalue weighted by atomic mass is 32.2. The molecule has 6 heteroatoms. The SMILES string of the molecule is CSc1cccn2c(C(C)(C)NC(=O)[C@@H]3[C@H]4CNC[C@]43C)ncc12. The van der Waals surface area contributed by atoms with E-state index in [9.17, 15) is 4.79 Å². The molecule has 0 spiro atoms. The Morgan fingerprint density at radius 2 is 2.33 bits per heavy atom. The topological polar surface area (TPSA) is 58.4 Å². The Morgan fingerprint density at radius 3 is 3.00 bits per heavy atom. The summed E-state index contributed by atoms with van der Waals surface area (Å²) in [6.45, 7) is 8.18. The number of hydrogen-bond acceptors (Lipinski definition) is 4. The highest BCUT2D eigenvalue weighted by Crippen LogP contribution is 2.60. The first-order valence-corrected chi connectivity index (χ1v) is 9.64. The van der Waals surface area contributed by atoms with Gasteiger partial charge >= 0.3 is 0 Å². The summed E-state index contributed by atoms with van der Waals surface area (Å²) in [5, 5.41) is 6.62. The van der Waals surface area contributed by atoms with Crippen LogP contribution in [0.25, 0.3) is 5.52 Å². The second-order valence-electron chi connectivity index (χ2n) is 7.75. The molecule has 2 fully saturated rings. The standard InChI is InChI=1S/C18H24N4OS/c1-17(2,21-15(23)14-11-8-19-10-18(11,14)3)16-20-9-12-13(24-4)6-5-7-22(12)16/h5-7,9,11,14,19H,8,10H2,1-4H3,(H,21,23)/t11-,14+,18-/m1/s1. The Balaban J connectivity index is 1.60. The number of fused-ring (bicyclic) bond motifs is 2. The number of pyridine rings is 1. The highest BCUT2D eigenvalue weighted by molar-refractivity contribution is 7.98. The van der Waals surface area contributed by atoms with Gasteiger partial charge in [-0.25, -0.2) is 4.98 Å². The van der Waals surface area contributed by atoms with Crippen LogP contribution in [0.4, 0.5) is 0 Å². The van der Waals surface area contributed by atoms with Crippen LogP contribution in [-0.4, -0.2) is 34.6 Å². The number of imidazole rings is 1. The molecule has 24 heavy (non-hydrogen) atoms. The van der Waals surface area contributed by atoms with Gasteiger partial charge in [-0.1, -0.05) is 6.92 Å². The minimum atomic E-state index is -0.513. The number of thioether (sulfide) groups is 1. The predicted octanol–water partition coefficient (Wildman–Crippen LogP) is 2.26. The zero-order valence-electron chi connectivity index (χ0n) is 14.6. The number of carbonyl (C=O) groups is 1. The van der Waals surface area contributed by atoms with Crippen molar-refractivity contribution < 1.29 is 4.79 Å². The smallest absolute Gasteiger partial charge is 0.224 e. The predicted molar refractivity (Wildman–Crippen MR) is 96.1 cm³/mol. The molecule has 5 nitrogen and oxygen atoms in total. The van der Waals surface area contributed by atoms with Gasteiger partial charge in [0.1, 0.15) is 5.82 Å². The molecular weight excluding hydrogens is 320 g/mol. The van der Waals surface area contributed by atoms with Crippen molar-refractivity contribution in [3.8, 4) is 0 Å². The van der Waals surface area contributed by atoms with Crippen LogP contribution in [0.5, 0.6) is 0 Å². The third kappa shape index (κ3) is 2.19. The molecule has 2 aromatic heterocycles. The van der Waals surface area contributed by atoms with E-state index in [4.69, 9.17) is 0 Å². The maximum Gasteiger partial charge on any atom is 0.224 e. The summed E-state index contributed by atoms with van der Waals surface area (Å²) in [5.41, 5.74) is 0.712. The van der Waals surface area contributed by atoms with Crippen LogP contribution in [-0.2, 0) is 10.3 Å². The summed E-state index contributed by atoms with van der Waals surface area (Å²) in [5.74, 6) is 1.64. The number of aromatic nitrogens is 2. The summed E-state index contributed by atoms with van der Waals surface area (Å²) >= 11 is 1.71. The van der Waals surface area contributed by atoms with Crippen LogP contribution in [0, 0.1) is 17.3 Å². The number of amides is 1. The minimum absolute atomic E-state index is 0.131. The van der Waals surface area contributed by atoms with Gasteiger partial charge < -0.3 is 15.0 Å². The Kier molecular flexibility index (Phi) is 3.48. The van der Waals surface area contributed by atoms with Crippen molar-refractivity contribution >= 4 is 23.2 Å². The van der Waals surface area contributed by atoms with Crippen molar-refractivity contribution in [3.05, 3.63) is 30.4 Å². The van der Waals surface area contributed by atoms with Crippen LogP contribution < -0.4 is 10.6 Å². The van der Waals surface area contributed by atoms with Gasteiger partial charge in [-0.3, -0.25) is 4.79 Å². The normalized spacial score (nSPS) is 28.8. The average Bonchev–Trinajstić information content (AvgIpc) is 2.88. The second-order valence-corrected chi connectivity index (χ2v) is 8.60. The van der Waals surface area contributed by atoms with Gasteiger partial charge in [0.15, 0.2) is 0 Å². The maximum atomic E-state index is 12.8. The van der Waals surface area contributed by atoms with E-state index >= 15 is 0 Å². The first kappa shape index (κ1) is 16.0. The largest absolute Gasteiger partial charge is 0.344 e. The summed E-state index contributed by atoms with van der Waals surface area (Å²) in [6, 6.07) is 4.12. The zero-order valence-corrected chi connectivity index (χ0v) is 15.4. The van der Waals surface area contributed by atoms with E-state index in [1.165, 1.54) is 4.90 Å². The van der Waals surface area contributed by atoms with Crippen LogP contribution >= 0.6 is 11.8 Å². The molecule has 3 heterocycles. The lowest BCUT2D eigenvalue weighted by molar-refractivity contribution is -0.125. The van der Waals surface area contributed by atoms with Gasteiger partial charge in [0.05, 0.1) is 17.3 Å². The Bertz CT molecular complexity index is 814. The molecule has 0 bridgehead atoms. The molecule has 0 aromatic carbocycles. The molecule has 4 rings (SSSR count). The lowest BCUT2D eigenvalue weighted by Gasteiger charge is -2.26. The molecule has 1 saturated carbocycles. The molecule has 1 aliphatic carbocycles. The minimum Gasteiger partial charge on any atom is -0.344 e. The Labute approximate surface area is 146 Å². The number of piperidine rings is 1. The van der Waals surface area contributed by atoms with E-state index < -0.39 is 5.54 Å². The quantitative estimate of drug-likeness (QED) is 0.836. The highest BCUT2D eigenvalue weighted by Gasteiger charge is 2.67. The number of nitrogens with one attached hydrogen (secondary N) is 2. The third-order valence-electron chi connectivity index (χ3n) is 5.75. The van der Waals surface area contributed by atoms with Crippen molar-refractivity contribution in [1.82, 2.24) is 20.0 Å².